The Hall–Kier alpha value is -0.440. The Labute approximate surface area is 67.3 Å². The van der Waals surface area contributed by atoms with Crippen molar-refractivity contribution in [1.29, 1.82) is 5.41 Å². The molecule has 0 saturated heterocycles. The molecule has 3 N–H and O–H groups in total. The molecule has 0 spiro atoms. The van der Waals surface area contributed by atoms with E-state index in [0.29, 0.717) is 23.0 Å². The predicted octanol–water partition coefficient (Wildman–Crippen LogP) is 1.73. The summed E-state index contributed by atoms with van der Waals surface area (Å²) in [6.07, 6.45) is 1.28. The van der Waals surface area contributed by atoms with Gasteiger partial charge in [-0.15, -0.1) is 0 Å². The molecule has 0 aliphatic carbocycles. The predicted molar refractivity (Wildman–Crippen MR) is 48.6 cm³/mol. The Morgan fingerprint density at radius 1 is 1.60 bits per heavy atom. The summed E-state index contributed by atoms with van der Waals surface area (Å²) >= 11 is 4.66. The van der Waals surface area contributed by atoms with Crippen molar-refractivity contribution in [1.82, 2.24) is 0 Å². The zero-order valence-corrected chi connectivity index (χ0v) is 7.29. The second kappa shape index (κ2) is 4.39. The van der Waals surface area contributed by atoms with Crippen LogP contribution < -0.4 is 5.73 Å². The summed E-state index contributed by atoms with van der Waals surface area (Å²) < 4.78 is 0. The van der Waals surface area contributed by atoms with Crippen molar-refractivity contribution in [2.45, 2.75) is 26.7 Å². The van der Waals surface area contributed by atoms with Crippen molar-refractivity contribution in [3.8, 4) is 0 Å². The normalized spacial score (nSPS) is 9.90. The van der Waals surface area contributed by atoms with Gasteiger partial charge < -0.3 is 11.1 Å². The molecule has 0 saturated carbocycles. The summed E-state index contributed by atoms with van der Waals surface area (Å²) in [4.78, 5) is 0.422. The summed E-state index contributed by atoms with van der Waals surface area (Å²) in [5.74, 6) is 0.529. The molecule has 0 aliphatic rings. The molecular formula is C7H14N2S. The first kappa shape index (κ1) is 9.56. The zero-order valence-electron chi connectivity index (χ0n) is 6.48. The third kappa shape index (κ3) is 5.69. The minimum atomic E-state index is 0.422. The lowest BCUT2D eigenvalue weighted by molar-refractivity contribution is 0.679. The first-order chi connectivity index (χ1) is 4.52. The maximum Gasteiger partial charge on any atom is 0.0783 e. The van der Waals surface area contributed by atoms with E-state index in [2.05, 4.69) is 26.1 Å². The fraction of sp³-hybridized carbons (Fsp3) is 0.714. The third-order valence-corrected chi connectivity index (χ3v) is 1.19. The summed E-state index contributed by atoms with van der Waals surface area (Å²) in [5, 5.41) is 7.38. The molecular weight excluding hydrogens is 144 g/mol. The molecule has 0 radical (unpaired) electrons. The molecule has 3 heteroatoms. The van der Waals surface area contributed by atoms with E-state index in [-0.39, 0.29) is 0 Å². The Kier molecular flexibility index (Phi) is 4.19. The van der Waals surface area contributed by atoms with Gasteiger partial charge in [0.25, 0.3) is 0 Å². The molecule has 0 unspecified atom stereocenters. The molecule has 58 valence electrons. The van der Waals surface area contributed by atoms with Gasteiger partial charge in [-0.3, -0.25) is 0 Å². The maximum atomic E-state index is 7.38. The van der Waals surface area contributed by atoms with Crippen molar-refractivity contribution in [3.05, 3.63) is 0 Å². The summed E-state index contributed by atoms with van der Waals surface area (Å²) in [7, 11) is 0. The molecule has 0 bridgehead atoms. The molecule has 0 aromatic carbocycles. The van der Waals surface area contributed by atoms with E-state index < -0.39 is 0 Å². The number of nitrogens with two attached hydrogens (primary N) is 1. The Morgan fingerprint density at radius 2 is 2.10 bits per heavy atom. The third-order valence-electron chi connectivity index (χ3n) is 1.04. The first-order valence-electron chi connectivity index (χ1n) is 3.37. The summed E-state index contributed by atoms with van der Waals surface area (Å²) in [5.41, 5.74) is 5.90. The minimum absolute atomic E-state index is 0.422. The smallest absolute Gasteiger partial charge is 0.0783 e. The second-order valence-electron chi connectivity index (χ2n) is 2.84. The van der Waals surface area contributed by atoms with Crippen LogP contribution in [0.3, 0.4) is 0 Å². The summed E-state index contributed by atoms with van der Waals surface area (Å²) in [6.45, 7) is 4.15. The fourth-order valence-corrected chi connectivity index (χ4v) is 0.950. The van der Waals surface area contributed by atoms with Crippen LogP contribution in [0.25, 0.3) is 0 Å². The lowest BCUT2D eigenvalue weighted by Gasteiger charge is -2.04. The Balaban J connectivity index is 3.54. The minimum Gasteiger partial charge on any atom is -0.393 e. The van der Waals surface area contributed by atoms with Gasteiger partial charge in [0.1, 0.15) is 0 Å². The molecule has 0 aliphatic heterocycles. The highest BCUT2D eigenvalue weighted by Gasteiger charge is 2.01. The van der Waals surface area contributed by atoms with Crippen LogP contribution in [0.4, 0.5) is 0 Å². The van der Waals surface area contributed by atoms with Gasteiger partial charge in [0.2, 0.25) is 0 Å². The van der Waals surface area contributed by atoms with Crippen LogP contribution in [0, 0.1) is 11.3 Å². The highest BCUT2D eigenvalue weighted by Crippen LogP contribution is 2.02. The van der Waals surface area contributed by atoms with Crippen LogP contribution in [0.5, 0.6) is 0 Å². The SMILES string of the molecule is CC(C)CC(=N)CC(N)=S. The molecule has 2 nitrogen and oxygen atoms in total. The number of thiocarbonyl (C=S) groups is 1. The molecule has 0 atom stereocenters. The van der Waals surface area contributed by atoms with E-state index in [4.69, 9.17) is 11.1 Å². The van der Waals surface area contributed by atoms with Gasteiger partial charge in [-0.2, -0.15) is 0 Å². The van der Waals surface area contributed by atoms with Gasteiger partial charge in [-0.05, 0) is 12.3 Å². The Bertz CT molecular complexity index is 141. The van der Waals surface area contributed by atoms with Gasteiger partial charge >= 0.3 is 0 Å². The van der Waals surface area contributed by atoms with E-state index in [9.17, 15) is 0 Å². The number of hydrogen-bond donors (Lipinski definition) is 2. The van der Waals surface area contributed by atoms with E-state index in [1.165, 1.54) is 0 Å². The maximum absolute atomic E-state index is 7.38. The summed E-state index contributed by atoms with van der Waals surface area (Å²) in [6, 6.07) is 0. The number of nitrogens with one attached hydrogen (secondary N) is 1. The van der Waals surface area contributed by atoms with E-state index >= 15 is 0 Å². The number of hydrogen-bond acceptors (Lipinski definition) is 2. The fourth-order valence-electron chi connectivity index (χ4n) is 0.775. The number of rotatable bonds is 4. The van der Waals surface area contributed by atoms with E-state index in [1.54, 1.807) is 0 Å². The molecule has 0 rings (SSSR count). The molecule has 0 fully saturated rings. The molecule has 0 aromatic rings. The first-order valence-corrected chi connectivity index (χ1v) is 3.77. The monoisotopic (exact) mass is 158 g/mol. The lowest BCUT2D eigenvalue weighted by atomic mass is 10.0. The highest BCUT2D eigenvalue weighted by atomic mass is 32.1. The van der Waals surface area contributed by atoms with Gasteiger partial charge in [0, 0.05) is 12.1 Å². The van der Waals surface area contributed by atoms with Crippen LogP contribution in [0.1, 0.15) is 26.7 Å². The standard InChI is InChI=1S/C7H14N2S/c1-5(2)3-6(8)4-7(9)10/h5,8H,3-4H2,1-2H3,(H2,9,10). The van der Waals surface area contributed by atoms with E-state index in [0.717, 1.165) is 6.42 Å². The molecule has 0 aromatic heterocycles. The second-order valence-corrected chi connectivity index (χ2v) is 3.37. The highest BCUT2D eigenvalue weighted by molar-refractivity contribution is 7.80. The van der Waals surface area contributed by atoms with Crippen LogP contribution in [0.2, 0.25) is 0 Å². The largest absolute Gasteiger partial charge is 0.393 e. The molecule has 10 heavy (non-hydrogen) atoms. The van der Waals surface area contributed by atoms with Crippen molar-refractivity contribution >= 4 is 22.9 Å². The van der Waals surface area contributed by atoms with Crippen molar-refractivity contribution in [3.63, 3.8) is 0 Å². The van der Waals surface area contributed by atoms with Gasteiger partial charge in [0.05, 0.1) is 4.99 Å². The molecule has 0 amide bonds. The Morgan fingerprint density at radius 3 is 2.40 bits per heavy atom. The lowest BCUT2D eigenvalue weighted by Crippen LogP contribution is -2.14. The quantitative estimate of drug-likeness (QED) is 0.483. The van der Waals surface area contributed by atoms with Crippen molar-refractivity contribution < 1.29 is 0 Å². The van der Waals surface area contributed by atoms with Crippen molar-refractivity contribution in [2.24, 2.45) is 11.7 Å². The molecule has 0 heterocycles. The van der Waals surface area contributed by atoms with Crippen LogP contribution in [-0.2, 0) is 0 Å². The van der Waals surface area contributed by atoms with Gasteiger partial charge in [-0.25, -0.2) is 0 Å². The zero-order chi connectivity index (χ0) is 8.15. The van der Waals surface area contributed by atoms with Crippen molar-refractivity contribution in [2.75, 3.05) is 0 Å². The average molecular weight is 158 g/mol. The van der Waals surface area contributed by atoms with E-state index in [1.807, 2.05) is 0 Å². The van der Waals surface area contributed by atoms with Crippen LogP contribution >= 0.6 is 12.2 Å². The van der Waals surface area contributed by atoms with Crippen LogP contribution in [0.15, 0.2) is 0 Å². The van der Waals surface area contributed by atoms with Gasteiger partial charge in [-0.1, -0.05) is 26.1 Å². The average Bonchev–Trinajstić information content (AvgIpc) is 1.58. The van der Waals surface area contributed by atoms with Gasteiger partial charge in [0.15, 0.2) is 0 Å². The van der Waals surface area contributed by atoms with Crippen LogP contribution in [-0.4, -0.2) is 10.7 Å². The topological polar surface area (TPSA) is 49.9 Å².